The first-order valence-corrected chi connectivity index (χ1v) is 5.35. The van der Waals surface area contributed by atoms with Crippen LogP contribution in [0.5, 0.6) is 0 Å². The van der Waals surface area contributed by atoms with Crippen molar-refractivity contribution in [2.75, 3.05) is 11.9 Å². The van der Waals surface area contributed by atoms with Gasteiger partial charge in [0.15, 0.2) is 11.6 Å². The Hall–Kier alpha value is -1.84. The van der Waals surface area contributed by atoms with Gasteiger partial charge in [-0.15, -0.1) is 0 Å². The van der Waals surface area contributed by atoms with Crippen LogP contribution >= 0.6 is 0 Å². The first-order chi connectivity index (χ1) is 7.69. The molecule has 16 heavy (non-hydrogen) atoms. The first-order valence-electron chi connectivity index (χ1n) is 5.35. The summed E-state index contributed by atoms with van der Waals surface area (Å²) in [5.74, 6) is 3.04. The van der Waals surface area contributed by atoms with Gasteiger partial charge in [-0.1, -0.05) is 0 Å². The molecule has 0 aliphatic rings. The van der Waals surface area contributed by atoms with Gasteiger partial charge in [0.25, 0.3) is 0 Å². The molecule has 0 atom stereocenters. The van der Waals surface area contributed by atoms with Crippen molar-refractivity contribution in [3.8, 4) is 11.6 Å². The maximum atomic E-state index is 5.50. The number of aryl methyl sites for hydroxylation is 2. The van der Waals surface area contributed by atoms with E-state index >= 15 is 0 Å². The maximum absolute atomic E-state index is 5.50. The lowest BCUT2D eigenvalue weighted by Crippen LogP contribution is -2.02. The van der Waals surface area contributed by atoms with Crippen molar-refractivity contribution in [2.45, 2.75) is 20.8 Å². The number of nitrogens with one attached hydrogen (secondary N) is 1. The standard InChI is InChI=1S/C12H15N3O/c1-4-13-11-7-8(2)14-12(15-11)10-6-5-9(3)16-10/h5-7H,4H2,1-3H3,(H,13,14,15). The summed E-state index contributed by atoms with van der Waals surface area (Å²) in [6.45, 7) is 6.73. The molecule has 2 heterocycles. The van der Waals surface area contributed by atoms with Crippen molar-refractivity contribution >= 4 is 5.82 Å². The van der Waals surface area contributed by atoms with Crippen molar-refractivity contribution in [3.05, 3.63) is 29.7 Å². The molecule has 0 aliphatic heterocycles. The highest BCUT2D eigenvalue weighted by molar-refractivity contribution is 5.51. The average molecular weight is 217 g/mol. The summed E-state index contributed by atoms with van der Waals surface area (Å²) in [6.07, 6.45) is 0. The number of nitrogens with zero attached hydrogens (tertiary/aromatic N) is 2. The third kappa shape index (κ3) is 2.21. The van der Waals surface area contributed by atoms with Crippen LogP contribution < -0.4 is 5.32 Å². The second-order valence-electron chi connectivity index (χ2n) is 3.66. The second kappa shape index (κ2) is 4.35. The van der Waals surface area contributed by atoms with E-state index in [1.165, 1.54) is 0 Å². The Kier molecular flexibility index (Phi) is 2.90. The summed E-state index contributed by atoms with van der Waals surface area (Å²) in [5.41, 5.74) is 0.926. The van der Waals surface area contributed by atoms with Crippen LogP contribution in [0.2, 0.25) is 0 Å². The summed E-state index contributed by atoms with van der Waals surface area (Å²) in [6, 6.07) is 5.72. The summed E-state index contributed by atoms with van der Waals surface area (Å²) in [4.78, 5) is 8.75. The zero-order valence-corrected chi connectivity index (χ0v) is 9.74. The van der Waals surface area contributed by atoms with Crippen LogP contribution in [0.3, 0.4) is 0 Å². The topological polar surface area (TPSA) is 51.0 Å². The number of anilines is 1. The summed E-state index contributed by atoms with van der Waals surface area (Å²) >= 11 is 0. The van der Waals surface area contributed by atoms with Gasteiger partial charge in [0.2, 0.25) is 0 Å². The van der Waals surface area contributed by atoms with Gasteiger partial charge in [-0.25, -0.2) is 9.97 Å². The number of aromatic nitrogens is 2. The highest BCUT2D eigenvalue weighted by Gasteiger charge is 2.07. The van der Waals surface area contributed by atoms with Gasteiger partial charge in [-0.05, 0) is 32.9 Å². The Morgan fingerprint density at radius 2 is 2.06 bits per heavy atom. The lowest BCUT2D eigenvalue weighted by Gasteiger charge is -2.04. The van der Waals surface area contributed by atoms with E-state index < -0.39 is 0 Å². The van der Waals surface area contributed by atoms with Crippen molar-refractivity contribution < 1.29 is 4.42 Å². The molecule has 0 fully saturated rings. The third-order valence-electron chi connectivity index (χ3n) is 2.17. The predicted octanol–water partition coefficient (Wildman–Crippen LogP) is 2.79. The number of hydrogen-bond donors (Lipinski definition) is 1. The quantitative estimate of drug-likeness (QED) is 0.858. The van der Waals surface area contributed by atoms with Gasteiger partial charge in [0, 0.05) is 18.3 Å². The molecule has 84 valence electrons. The molecule has 0 unspecified atom stereocenters. The molecule has 4 nitrogen and oxygen atoms in total. The monoisotopic (exact) mass is 217 g/mol. The second-order valence-corrected chi connectivity index (χ2v) is 3.66. The fourth-order valence-corrected chi connectivity index (χ4v) is 1.51. The summed E-state index contributed by atoms with van der Waals surface area (Å²) < 4.78 is 5.50. The molecule has 0 bridgehead atoms. The van der Waals surface area contributed by atoms with E-state index in [4.69, 9.17) is 4.42 Å². The Bertz CT molecular complexity index is 491. The van der Waals surface area contributed by atoms with Crippen LogP contribution in [-0.2, 0) is 0 Å². The first kappa shape index (κ1) is 10.7. The Labute approximate surface area is 94.7 Å². The van der Waals surface area contributed by atoms with Crippen molar-refractivity contribution in [1.29, 1.82) is 0 Å². The zero-order valence-electron chi connectivity index (χ0n) is 9.74. The lowest BCUT2D eigenvalue weighted by molar-refractivity contribution is 0.544. The fraction of sp³-hybridized carbons (Fsp3) is 0.333. The number of hydrogen-bond acceptors (Lipinski definition) is 4. The van der Waals surface area contributed by atoms with E-state index in [0.717, 1.165) is 23.8 Å². The molecule has 2 aromatic rings. The van der Waals surface area contributed by atoms with E-state index in [1.54, 1.807) is 0 Å². The summed E-state index contributed by atoms with van der Waals surface area (Å²) in [5, 5.41) is 3.17. The van der Waals surface area contributed by atoms with E-state index in [9.17, 15) is 0 Å². The molecule has 2 rings (SSSR count). The van der Waals surface area contributed by atoms with E-state index in [0.29, 0.717) is 11.6 Å². The Morgan fingerprint density at radius 1 is 1.25 bits per heavy atom. The van der Waals surface area contributed by atoms with Crippen LogP contribution in [0.15, 0.2) is 22.6 Å². The number of furan rings is 1. The molecule has 0 spiro atoms. The van der Waals surface area contributed by atoms with Crippen molar-refractivity contribution in [1.82, 2.24) is 9.97 Å². The highest BCUT2D eigenvalue weighted by Crippen LogP contribution is 2.20. The molecule has 0 radical (unpaired) electrons. The Balaban J connectivity index is 2.40. The van der Waals surface area contributed by atoms with E-state index in [-0.39, 0.29) is 0 Å². The molecule has 1 N–H and O–H groups in total. The van der Waals surface area contributed by atoms with Gasteiger partial charge in [-0.3, -0.25) is 0 Å². The van der Waals surface area contributed by atoms with Crippen LogP contribution in [0, 0.1) is 13.8 Å². The minimum Gasteiger partial charge on any atom is -0.458 e. The van der Waals surface area contributed by atoms with Crippen LogP contribution in [-0.4, -0.2) is 16.5 Å². The number of rotatable bonds is 3. The van der Waals surface area contributed by atoms with Crippen LogP contribution in [0.25, 0.3) is 11.6 Å². The molecule has 0 saturated carbocycles. The van der Waals surface area contributed by atoms with Gasteiger partial charge in [0.05, 0.1) is 0 Å². The Morgan fingerprint density at radius 3 is 2.69 bits per heavy atom. The SMILES string of the molecule is CCNc1cc(C)nc(-c2ccc(C)o2)n1. The van der Waals surface area contributed by atoms with Gasteiger partial charge < -0.3 is 9.73 Å². The fourth-order valence-electron chi connectivity index (χ4n) is 1.51. The molecule has 0 aliphatic carbocycles. The largest absolute Gasteiger partial charge is 0.458 e. The molecular weight excluding hydrogens is 202 g/mol. The van der Waals surface area contributed by atoms with Gasteiger partial charge >= 0.3 is 0 Å². The maximum Gasteiger partial charge on any atom is 0.197 e. The van der Waals surface area contributed by atoms with Crippen LogP contribution in [0.1, 0.15) is 18.4 Å². The van der Waals surface area contributed by atoms with Gasteiger partial charge in [0.1, 0.15) is 11.6 Å². The smallest absolute Gasteiger partial charge is 0.197 e. The van der Waals surface area contributed by atoms with E-state index in [2.05, 4.69) is 15.3 Å². The minimum atomic E-state index is 0.629. The molecular formula is C12H15N3O. The lowest BCUT2D eigenvalue weighted by atomic mass is 10.3. The van der Waals surface area contributed by atoms with Crippen molar-refractivity contribution in [2.24, 2.45) is 0 Å². The molecule has 2 aromatic heterocycles. The zero-order chi connectivity index (χ0) is 11.5. The van der Waals surface area contributed by atoms with E-state index in [1.807, 2.05) is 39.0 Å². The molecule has 0 aromatic carbocycles. The third-order valence-corrected chi connectivity index (χ3v) is 2.17. The molecule has 4 heteroatoms. The van der Waals surface area contributed by atoms with Gasteiger partial charge in [-0.2, -0.15) is 0 Å². The minimum absolute atomic E-state index is 0.629. The normalized spacial score (nSPS) is 10.4. The predicted molar refractivity (Wildman–Crippen MR) is 63.4 cm³/mol. The average Bonchev–Trinajstić information content (AvgIpc) is 2.64. The molecule has 0 saturated heterocycles. The van der Waals surface area contributed by atoms with Crippen molar-refractivity contribution in [3.63, 3.8) is 0 Å². The highest BCUT2D eigenvalue weighted by atomic mass is 16.3. The molecule has 0 amide bonds. The summed E-state index contributed by atoms with van der Waals surface area (Å²) in [7, 11) is 0. The van der Waals surface area contributed by atoms with Crippen LogP contribution in [0.4, 0.5) is 5.82 Å².